The van der Waals surface area contributed by atoms with Gasteiger partial charge in [-0.3, -0.25) is 0 Å². The number of aromatic carboxylic acids is 1. The Morgan fingerprint density at radius 2 is 1.95 bits per heavy atom. The van der Waals surface area contributed by atoms with E-state index in [2.05, 4.69) is 4.18 Å². The molecule has 2 rings (SSSR count). The first-order valence-electron chi connectivity index (χ1n) is 6.19. The average Bonchev–Trinajstić information content (AvgIpc) is 2.59. The predicted molar refractivity (Wildman–Crippen MR) is 70.4 cm³/mol. The molecule has 0 unspecified atom stereocenters. The molecule has 0 spiro atoms. The Morgan fingerprint density at radius 3 is 2.55 bits per heavy atom. The van der Waals surface area contributed by atoms with Gasteiger partial charge in [-0.05, 0) is 43.0 Å². The van der Waals surface area contributed by atoms with Gasteiger partial charge in [0.05, 0.1) is 5.56 Å². The minimum atomic E-state index is -5.77. The maximum Gasteiger partial charge on any atom is 0.534 e. The predicted octanol–water partition coefficient (Wildman–Crippen LogP) is 2.93. The summed E-state index contributed by atoms with van der Waals surface area (Å²) in [5, 5.41) is 8.93. The van der Waals surface area contributed by atoms with E-state index >= 15 is 0 Å². The van der Waals surface area contributed by atoms with E-state index in [1.165, 1.54) is 24.3 Å². The molecule has 1 aromatic rings. The lowest BCUT2D eigenvalue weighted by molar-refractivity contribution is -0.0509. The van der Waals surface area contributed by atoms with Gasteiger partial charge in [0.15, 0.2) is 0 Å². The van der Waals surface area contributed by atoms with Crippen molar-refractivity contribution in [1.29, 1.82) is 0 Å². The lowest BCUT2D eigenvalue weighted by Crippen LogP contribution is -2.25. The molecule has 22 heavy (non-hydrogen) atoms. The van der Waals surface area contributed by atoms with Crippen LogP contribution in [0.2, 0.25) is 0 Å². The first-order chi connectivity index (χ1) is 10.1. The van der Waals surface area contributed by atoms with E-state index in [0.29, 0.717) is 24.8 Å². The number of carboxylic acid groups (broad SMARTS) is 1. The van der Waals surface area contributed by atoms with Crippen molar-refractivity contribution in [3.63, 3.8) is 0 Å². The van der Waals surface area contributed by atoms with Gasteiger partial charge in [0.25, 0.3) is 0 Å². The summed E-state index contributed by atoms with van der Waals surface area (Å²) in [7, 11) is -5.77. The molecule has 0 amide bonds. The zero-order chi connectivity index (χ0) is 16.5. The summed E-state index contributed by atoms with van der Waals surface area (Å²) in [6.45, 7) is 0. The van der Waals surface area contributed by atoms with E-state index in [-0.39, 0.29) is 11.1 Å². The molecule has 9 heteroatoms. The van der Waals surface area contributed by atoms with E-state index in [1.54, 1.807) is 0 Å². The van der Waals surface area contributed by atoms with Crippen LogP contribution in [0.15, 0.2) is 24.3 Å². The highest BCUT2D eigenvalue weighted by atomic mass is 32.2. The third-order valence-corrected chi connectivity index (χ3v) is 4.05. The monoisotopic (exact) mass is 336 g/mol. The van der Waals surface area contributed by atoms with Gasteiger partial charge in [-0.15, -0.1) is 0 Å². The van der Waals surface area contributed by atoms with Crippen molar-refractivity contribution in [2.24, 2.45) is 0 Å². The van der Waals surface area contributed by atoms with Crippen LogP contribution in [-0.4, -0.2) is 25.0 Å². The Balaban J connectivity index is 2.44. The molecule has 0 saturated heterocycles. The zero-order valence-corrected chi connectivity index (χ0v) is 11.9. The molecule has 0 saturated carbocycles. The van der Waals surface area contributed by atoms with Gasteiger partial charge in [-0.2, -0.15) is 21.6 Å². The fourth-order valence-corrected chi connectivity index (χ4v) is 2.54. The first kappa shape index (κ1) is 16.3. The minimum Gasteiger partial charge on any atom is -0.478 e. The molecule has 1 N–H and O–H groups in total. The smallest absolute Gasteiger partial charge is 0.478 e. The zero-order valence-electron chi connectivity index (χ0n) is 11.1. The molecule has 0 radical (unpaired) electrons. The third kappa shape index (κ3) is 3.24. The van der Waals surface area contributed by atoms with Crippen molar-refractivity contribution in [3.05, 3.63) is 41.0 Å². The van der Waals surface area contributed by atoms with Crippen LogP contribution < -0.4 is 0 Å². The number of aryl methyl sites for hydroxylation is 1. The number of carboxylic acids is 1. The van der Waals surface area contributed by atoms with E-state index in [0.717, 1.165) is 0 Å². The maximum absolute atomic E-state index is 12.4. The second-order valence-corrected chi connectivity index (χ2v) is 6.16. The molecule has 120 valence electrons. The summed E-state index contributed by atoms with van der Waals surface area (Å²) < 4.78 is 63.7. The summed E-state index contributed by atoms with van der Waals surface area (Å²) in [6.07, 6.45) is 2.52. The number of halogens is 3. The Bertz CT molecular complexity index is 735. The number of hydrogen-bond acceptors (Lipinski definition) is 4. The number of rotatable bonds is 3. The van der Waals surface area contributed by atoms with Crippen LogP contribution in [0.5, 0.6) is 0 Å². The quantitative estimate of drug-likeness (QED) is 0.678. The normalized spacial score (nSPS) is 15.5. The van der Waals surface area contributed by atoms with Crippen LogP contribution >= 0.6 is 0 Å². The van der Waals surface area contributed by atoms with E-state index in [1.807, 2.05) is 0 Å². The summed E-state index contributed by atoms with van der Waals surface area (Å²) >= 11 is 0. The van der Waals surface area contributed by atoms with Gasteiger partial charge in [0, 0.05) is 5.56 Å². The van der Waals surface area contributed by atoms with Gasteiger partial charge < -0.3 is 9.29 Å². The molecular formula is C13H11F3O5S. The fourth-order valence-electron chi connectivity index (χ4n) is 2.05. The average molecular weight is 336 g/mol. The van der Waals surface area contributed by atoms with Crippen molar-refractivity contribution >= 4 is 21.8 Å². The topological polar surface area (TPSA) is 80.7 Å². The molecule has 0 aromatic heterocycles. The van der Waals surface area contributed by atoms with E-state index in [4.69, 9.17) is 5.11 Å². The lowest BCUT2D eigenvalue weighted by Gasteiger charge is -2.14. The van der Waals surface area contributed by atoms with Gasteiger partial charge in [0.2, 0.25) is 0 Å². The third-order valence-electron chi connectivity index (χ3n) is 3.08. The molecule has 0 bridgehead atoms. The maximum atomic E-state index is 12.4. The van der Waals surface area contributed by atoms with Gasteiger partial charge >= 0.3 is 21.6 Å². The second-order valence-electron chi connectivity index (χ2n) is 4.62. The number of hydrogen-bond donors (Lipinski definition) is 1. The summed E-state index contributed by atoms with van der Waals surface area (Å²) in [4.78, 5) is 10.9. The number of allylic oxidation sites excluding steroid dienone is 1. The Morgan fingerprint density at radius 1 is 1.27 bits per heavy atom. The molecule has 1 aromatic carbocycles. The van der Waals surface area contributed by atoms with Crippen LogP contribution in [0.4, 0.5) is 13.2 Å². The molecule has 0 atom stereocenters. The standard InChI is InChI=1S/C13H11F3O5S/c14-13(15,16)22(19,20)21-11-4-2-1-3-8-7-9(12(17)18)5-6-10(8)11/h4-7H,1-3H2,(H,17,18). The molecular weight excluding hydrogens is 325 g/mol. The summed E-state index contributed by atoms with van der Waals surface area (Å²) in [6, 6.07) is 3.74. The molecule has 0 fully saturated rings. The molecule has 0 aliphatic heterocycles. The van der Waals surface area contributed by atoms with Gasteiger partial charge in [-0.25, -0.2) is 4.79 Å². The lowest BCUT2D eigenvalue weighted by atomic mass is 10.0. The highest BCUT2D eigenvalue weighted by Crippen LogP contribution is 2.33. The minimum absolute atomic E-state index is 0.0290. The fraction of sp³-hybridized carbons (Fsp3) is 0.308. The van der Waals surface area contributed by atoms with E-state index < -0.39 is 27.4 Å². The Labute approximate surface area is 124 Å². The van der Waals surface area contributed by atoms with E-state index in [9.17, 15) is 26.4 Å². The first-order valence-corrected chi connectivity index (χ1v) is 7.60. The van der Waals surface area contributed by atoms with Crippen LogP contribution in [0.25, 0.3) is 5.76 Å². The number of carbonyl (C=O) groups is 1. The van der Waals surface area contributed by atoms with Crippen molar-refractivity contribution in [3.8, 4) is 0 Å². The van der Waals surface area contributed by atoms with Crippen LogP contribution in [-0.2, 0) is 20.7 Å². The summed E-state index contributed by atoms with van der Waals surface area (Å²) in [5.41, 5.74) is -4.98. The van der Waals surface area contributed by atoms with Crippen molar-refractivity contribution < 1.29 is 35.7 Å². The van der Waals surface area contributed by atoms with Crippen molar-refractivity contribution in [2.75, 3.05) is 0 Å². The second kappa shape index (κ2) is 5.64. The highest BCUT2D eigenvalue weighted by Gasteiger charge is 2.49. The number of alkyl halides is 3. The largest absolute Gasteiger partial charge is 0.534 e. The number of benzene rings is 1. The van der Waals surface area contributed by atoms with Crippen LogP contribution in [0, 0.1) is 0 Å². The molecule has 1 aliphatic carbocycles. The van der Waals surface area contributed by atoms with Crippen LogP contribution in [0.1, 0.15) is 34.3 Å². The highest BCUT2D eigenvalue weighted by molar-refractivity contribution is 7.87. The Kier molecular flexibility index (Phi) is 4.19. The van der Waals surface area contributed by atoms with Gasteiger partial charge in [-0.1, -0.05) is 6.07 Å². The molecule has 0 heterocycles. The Hall–Kier alpha value is -2.03. The summed E-state index contributed by atoms with van der Waals surface area (Å²) in [5.74, 6) is -1.61. The SMILES string of the molecule is O=C(O)c1ccc2c(c1)CCCC=C2OS(=O)(=O)C(F)(F)F. The van der Waals surface area contributed by atoms with Crippen LogP contribution in [0.3, 0.4) is 0 Å². The number of fused-ring (bicyclic) bond motifs is 1. The van der Waals surface area contributed by atoms with Gasteiger partial charge in [0.1, 0.15) is 5.76 Å². The molecule has 5 nitrogen and oxygen atoms in total. The van der Waals surface area contributed by atoms with Crippen molar-refractivity contribution in [1.82, 2.24) is 0 Å². The molecule has 1 aliphatic rings. The van der Waals surface area contributed by atoms with Crippen molar-refractivity contribution in [2.45, 2.75) is 24.8 Å².